The Labute approximate surface area is 134 Å². The molecule has 1 aliphatic heterocycles. The smallest absolute Gasteiger partial charge is 0.262 e. The van der Waals surface area contributed by atoms with Crippen molar-refractivity contribution in [2.45, 2.75) is 0 Å². The zero-order chi connectivity index (χ0) is 16.8. The average Bonchev–Trinajstić information content (AvgIpc) is 3.17. The van der Waals surface area contributed by atoms with Gasteiger partial charge in [0.2, 0.25) is 0 Å². The van der Waals surface area contributed by atoms with Crippen LogP contribution in [-0.2, 0) is 0 Å². The predicted octanol–water partition coefficient (Wildman–Crippen LogP) is 0.958. The first-order valence-electron chi connectivity index (χ1n) is 6.97. The first-order valence-corrected chi connectivity index (χ1v) is 6.97. The van der Waals surface area contributed by atoms with Crippen molar-refractivity contribution in [2.24, 2.45) is 0 Å². The number of oxazole rings is 1. The van der Waals surface area contributed by atoms with Crippen molar-refractivity contribution in [1.29, 1.82) is 0 Å². The van der Waals surface area contributed by atoms with Crippen molar-refractivity contribution in [3.05, 3.63) is 64.4 Å². The summed E-state index contributed by atoms with van der Waals surface area (Å²) in [7, 11) is 0. The van der Waals surface area contributed by atoms with E-state index in [0.717, 1.165) is 6.07 Å². The van der Waals surface area contributed by atoms with Crippen LogP contribution in [0.4, 0.5) is 5.82 Å². The number of anilines is 1. The molecule has 0 saturated carbocycles. The summed E-state index contributed by atoms with van der Waals surface area (Å²) in [6.07, 6.45) is 2.77. The molecule has 0 bridgehead atoms. The fourth-order valence-corrected chi connectivity index (χ4v) is 2.75. The summed E-state index contributed by atoms with van der Waals surface area (Å²) in [4.78, 5) is 40.1. The molecule has 0 atom stereocenters. The Morgan fingerprint density at radius 2 is 1.88 bits per heavy atom. The molecule has 3 aromatic rings. The number of aromatic nitrogens is 2. The van der Waals surface area contributed by atoms with Gasteiger partial charge in [-0.05, 0) is 12.1 Å². The fourth-order valence-electron chi connectivity index (χ4n) is 2.75. The number of hydrogen-bond acceptors (Lipinski definition) is 6. The maximum Gasteiger partial charge on any atom is 0.262 e. The number of carbonyl (C=O) groups excluding carboxylic acids is 2. The fraction of sp³-hybridized carbons (Fsp3) is 0. The van der Waals surface area contributed by atoms with Crippen LogP contribution in [0.25, 0.3) is 17.0 Å². The van der Waals surface area contributed by atoms with Crippen LogP contribution >= 0.6 is 0 Å². The molecule has 0 aliphatic carbocycles. The lowest BCUT2D eigenvalue weighted by Gasteiger charge is -2.14. The van der Waals surface area contributed by atoms with Crippen LogP contribution < -0.4 is 16.6 Å². The van der Waals surface area contributed by atoms with E-state index in [1.54, 1.807) is 24.3 Å². The topological polar surface area (TPSA) is 120 Å². The summed E-state index contributed by atoms with van der Waals surface area (Å²) in [5, 5.41) is 2.13. The average molecular weight is 322 g/mol. The molecule has 24 heavy (non-hydrogen) atoms. The third-order valence-corrected chi connectivity index (χ3v) is 3.80. The van der Waals surface area contributed by atoms with E-state index in [4.69, 9.17) is 10.2 Å². The molecular formula is C16H10N4O4. The highest BCUT2D eigenvalue weighted by Crippen LogP contribution is 2.29. The van der Waals surface area contributed by atoms with Gasteiger partial charge in [-0.3, -0.25) is 24.3 Å². The van der Waals surface area contributed by atoms with Gasteiger partial charge in [0.15, 0.2) is 12.2 Å². The van der Waals surface area contributed by atoms with Crippen molar-refractivity contribution >= 4 is 17.6 Å². The Morgan fingerprint density at radius 1 is 1.08 bits per heavy atom. The molecule has 2 aromatic heterocycles. The summed E-state index contributed by atoms with van der Waals surface area (Å²) in [5.74, 6) is -0.918. The Morgan fingerprint density at radius 3 is 2.62 bits per heavy atom. The number of rotatable bonds is 2. The molecule has 4 rings (SSSR count). The third-order valence-electron chi connectivity index (χ3n) is 3.80. The molecule has 2 amide bonds. The van der Waals surface area contributed by atoms with Crippen LogP contribution in [-0.4, -0.2) is 21.4 Å². The zero-order valence-corrected chi connectivity index (χ0v) is 12.1. The number of para-hydroxylation sites is 1. The van der Waals surface area contributed by atoms with E-state index in [1.807, 2.05) is 0 Å². The Balaban J connectivity index is 2.04. The van der Waals surface area contributed by atoms with Gasteiger partial charge < -0.3 is 10.2 Å². The largest absolute Gasteiger partial charge is 0.443 e. The van der Waals surface area contributed by atoms with Gasteiger partial charge in [-0.15, -0.1) is 0 Å². The molecule has 0 fully saturated rings. The molecule has 3 heterocycles. The predicted molar refractivity (Wildman–Crippen MR) is 83.7 cm³/mol. The van der Waals surface area contributed by atoms with Crippen LogP contribution in [0.3, 0.4) is 0 Å². The van der Waals surface area contributed by atoms with Gasteiger partial charge in [-0.2, -0.15) is 0 Å². The Bertz CT molecular complexity index is 1050. The number of nitrogens with one attached hydrogen (secondary N) is 1. The second-order valence-corrected chi connectivity index (χ2v) is 5.16. The summed E-state index contributed by atoms with van der Waals surface area (Å²) in [6, 6.07) is 7.99. The normalized spacial score (nSPS) is 13.0. The number of nitrogens with zero attached hydrogens (tertiary/aromatic N) is 2. The van der Waals surface area contributed by atoms with Gasteiger partial charge in [0.1, 0.15) is 5.82 Å². The number of benzene rings is 1. The van der Waals surface area contributed by atoms with E-state index < -0.39 is 17.4 Å². The van der Waals surface area contributed by atoms with Gasteiger partial charge in [0.05, 0.1) is 23.0 Å². The molecule has 1 aliphatic rings. The molecule has 8 heteroatoms. The molecular weight excluding hydrogens is 312 g/mol. The van der Waals surface area contributed by atoms with Gasteiger partial charge in [0.25, 0.3) is 17.4 Å². The second kappa shape index (κ2) is 4.92. The van der Waals surface area contributed by atoms with E-state index in [2.05, 4.69) is 10.3 Å². The van der Waals surface area contributed by atoms with E-state index in [1.165, 1.54) is 17.2 Å². The summed E-state index contributed by atoms with van der Waals surface area (Å²) >= 11 is 0. The van der Waals surface area contributed by atoms with E-state index in [-0.39, 0.29) is 16.9 Å². The molecule has 3 N–H and O–H groups in total. The number of hydrogen-bond donors (Lipinski definition) is 2. The molecule has 0 unspecified atom stereocenters. The van der Waals surface area contributed by atoms with Crippen molar-refractivity contribution in [3.63, 3.8) is 0 Å². The summed E-state index contributed by atoms with van der Waals surface area (Å²) < 4.78 is 6.47. The first kappa shape index (κ1) is 13.9. The monoisotopic (exact) mass is 322 g/mol. The SMILES string of the molecule is Nc1c2c(cc(=O)n1-c1ccccc1-c1cnco1)C(=O)NC2=O. The van der Waals surface area contributed by atoms with Crippen molar-refractivity contribution in [1.82, 2.24) is 14.9 Å². The lowest BCUT2D eigenvalue weighted by atomic mass is 10.1. The summed E-state index contributed by atoms with van der Waals surface area (Å²) in [6.45, 7) is 0. The summed E-state index contributed by atoms with van der Waals surface area (Å²) in [5.41, 5.74) is 6.50. The standard InChI is InChI=1S/C16H10N4O4/c17-14-13-9(15(22)19-16(13)23)5-12(21)20(14)10-4-2-1-3-8(10)11-6-18-7-24-11/h1-7H,17H2,(H,19,22,23). The minimum atomic E-state index is -0.630. The first-order chi connectivity index (χ1) is 11.6. The van der Waals surface area contributed by atoms with Crippen LogP contribution in [0.2, 0.25) is 0 Å². The number of pyridine rings is 1. The molecule has 0 radical (unpaired) electrons. The molecule has 1 aromatic carbocycles. The number of fused-ring (bicyclic) bond motifs is 1. The van der Waals surface area contributed by atoms with E-state index in [9.17, 15) is 14.4 Å². The lowest BCUT2D eigenvalue weighted by Crippen LogP contribution is -2.24. The van der Waals surface area contributed by atoms with Crippen LogP contribution in [0.15, 0.2) is 52.1 Å². The van der Waals surface area contributed by atoms with E-state index in [0.29, 0.717) is 17.0 Å². The minimum Gasteiger partial charge on any atom is -0.443 e. The highest BCUT2D eigenvalue weighted by Gasteiger charge is 2.32. The number of carbonyl (C=O) groups is 2. The lowest BCUT2D eigenvalue weighted by molar-refractivity contribution is 0.0880. The molecule has 118 valence electrons. The minimum absolute atomic E-state index is 0.00743. The Kier molecular flexibility index (Phi) is 2.86. The number of nitrogens with two attached hydrogens (primary N) is 1. The maximum absolute atomic E-state index is 12.5. The third kappa shape index (κ3) is 1.86. The number of imide groups is 1. The quantitative estimate of drug-likeness (QED) is 0.678. The van der Waals surface area contributed by atoms with Gasteiger partial charge in [0, 0.05) is 11.6 Å². The highest BCUT2D eigenvalue weighted by atomic mass is 16.3. The van der Waals surface area contributed by atoms with Gasteiger partial charge in [-0.1, -0.05) is 12.1 Å². The second-order valence-electron chi connectivity index (χ2n) is 5.16. The van der Waals surface area contributed by atoms with Crippen LogP contribution in [0.5, 0.6) is 0 Å². The van der Waals surface area contributed by atoms with Crippen LogP contribution in [0.1, 0.15) is 20.7 Å². The zero-order valence-electron chi connectivity index (χ0n) is 12.1. The molecule has 0 saturated heterocycles. The van der Waals surface area contributed by atoms with Crippen LogP contribution in [0, 0.1) is 0 Å². The van der Waals surface area contributed by atoms with Gasteiger partial charge in [-0.25, -0.2) is 4.98 Å². The highest BCUT2D eigenvalue weighted by molar-refractivity contribution is 6.23. The van der Waals surface area contributed by atoms with Crippen molar-refractivity contribution in [2.75, 3.05) is 5.73 Å². The maximum atomic E-state index is 12.5. The van der Waals surface area contributed by atoms with Crippen molar-refractivity contribution < 1.29 is 14.0 Å². The van der Waals surface area contributed by atoms with E-state index >= 15 is 0 Å². The van der Waals surface area contributed by atoms with Crippen molar-refractivity contribution in [3.8, 4) is 17.0 Å². The molecule has 8 nitrogen and oxygen atoms in total. The molecule has 0 spiro atoms. The Hall–Kier alpha value is -3.68. The number of nitrogen functional groups attached to an aromatic ring is 1. The number of amides is 2. The van der Waals surface area contributed by atoms with Gasteiger partial charge >= 0.3 is 0 Å².